The fourth-order valence-corrected chi connectivity index (χ4v) is 2.87. The van der Waals surface area contributed by atoms with Crippen LogP contribution in [0.5, 0.6) is 5.75 Å². The number of halogens is 3. The Bertz CT molecular complexity index is 662. The molecular formula is C14H10Br2FNO2. The van der Waals surface area contributed by atoms with Gasteiger partial charge < -0.3 is 10.1 Å². The van der Waals surface area contributed by atoms with E-state index in [1.54, 1.807) is 18.2 Å². The third-order valence-corrected chi connectivity index (χ3v) is 3.88. The fraction of sp³-hybridized carbons (Fsp3) is 0.0714. The Morgan fingerprint density at radius 1 is 1.20 bits per heavy atom. The number of nitrogens with one attached hydrogen (secondary N) is 1. The molecular weight excluding hydrogens is 393 g/mol. The van der Waals surface area contributed by atoms with Crippen molar-refractivity contribution in [3.63, 3.8) is 0 Å². The molecule has 0 aliphatic rings. The summed E-state index contributed by atoms with van der Waals surface area (Å²) in [5, 5.41) is 2.64. The number of carbonyl (C=O) groups excluding carboxylic acids is 1. The molecule has 0 atom stereocenters. The fourth-order valence-electron chi connectivity index (χ4n) is 1.62. The average molecular weight is 403 g/mol. The highest BCUT2D eigenvalue weighted by molar-refractivity contribution is 9.11. The van der Waals surface area contributed by atoms with Crippen LogP contribution in [0.25, 0.3) is 0 Å². The average Bonchev–Trinajstić information content (AvgIpc) is 2.42. The molecule has 104 valence electrons. The van der Waals surface area contributed by atoms with Crippen LogP contribution in [0.15, 0.2) is 45.3 Å². The second kappa shape index (κ2) is 6.37. The van der Waals surface area contributed by atoms with Gasteiger partial charge in [-0.3, -0.25) is 4.79 Å². The molecule has 20 heavy (non-hydrogen) atoms. The largest absolute Gasteiger partial charge is 0.495 e. The van der Waals surface area contributed by atoms with Crippen LogP contribution in [-0.2, 0) is 0 Å². The molecule has 2 aromatic rings. The van der Waals surface area contributed by atoms with E-state index in [1.165, 1.54) is 25.3 Å². The van der Waals surface area contributed by atoms with Crippen molar-refractivity contribution in [3.05, 3.63) is 56.7 Å². The molecule has 0 unspecified atom stereocenters. The van der Waals surface area contributed by atoms with E-state index in [0.29, 0.717) is 15.9 Å². The quantitative estimate of drug-likeness (QED) is 0.813. The van der Waals surface area contributed by atoms with Crippen molar-refractivity contribution >= 4 is 43.5 Å². The minimum absolute atomic E-state index is 0.0127. The number of hydrogen-bond donors (Lipinski definition) is 1. The number of anilines is 1. The summed E-state index contributed by atoms with van der Waals surface area (Å²) in [6.07, 6.45) is 0. The lowest BCUT2D eigenvalue weighted by atomic mass is 10.2. The number of benzene rings is 2. The number of hydrogen-bond acceptors (Lipinski definition) is 2. The maximum Gasteiger partial charge on any atom is 0.258 e. The lowest BCUT2D eigenvalue weighted by Gasteiger charge is -2.11. The summed E-state index contributed by atoms with van der Waals surface area (Å²) in [7, 11) is 1.52. The van der Waals surface area contributed by atoms with Gasteiger partial charge in [0.2, 0.25) is 0 Å². The molecule has 0 fully saturated rings. The Morgan fingerprint density at radius 3 is 2.55 bits per heavy atom. The first-order valence-electron chi connectivity index (χ1n) is 5.62. The highest BCUT2D eigenvalue weighted by Crippen LogP contribution is 2.34. The summed E-state index contributed by atoms with van der Waals surface area (Å²) in [6.45, 7) is 0. The van der Waals surface area contributed by atoms with Gasteiger partial charge in [0.05, 0.1) is 22.8 Å². The van der Waals surface area contributed by atoms with Gasteiger partial charge in [0, 0.05) is 10.5 Å². The lowest BCUT2D eigenvalue weighted by Crippen LogP contribution is -2.14. The van der Waals surface area contributed by atoms with Crippen molar-refractivity contribution < 1.29 is 13.9 Å². The highest BCUT2D eigenvalue weighted by Gasteiger charge is 2.14. The molecule has 1 N–H and O–H groups in total. The summed E-state index contributed by atoms with van der Waals surface area (Å²) < 4.78 is 20.1. The molecule has 3 nitrogen and oxygen atoms in total. The van der Waals surface area contributed by atoms with Crippen LogP contribution in [0, 0.1) is 5.82 Å². The van der Waals surface area contributed by atoms with Crippen LogP contribution in [-0.4, -0.2) is 13.0 Å². The van der Waals surface area contributed by atoms with Gasteiger partial charge in [-0.25, -0.2) is 4.39 Å². The van der Waals surface area contributed by atoms with Gasteiger partial charge in [0.15, 0.2) is 0 Å². The van der Waals surface area contributed by atoms with Gasteiger partial charge in [-0.1, -0.05) is 12.1 Å². The Kier molecular flexibility index (Phi) is 4.77. The Hall–Kier alpha value is -1.40. The van der Waals surface area contributed by atoms with E-state index >= 15 is 0 Å². The monoisotopic (exact) mass is 401 g/mol. The predicted octanol–water partition coefficient (Wildman–Crippen LogP) is 4.61. The molecule has 1 amide bonds. The normalized spacial score (nSPS) is 10.2. The minimum Gasteiger partial charge on any atom is -0.495 e. The topological polar surface area (TPSA) is 38.3 Å². The molecule has 0 aromatic heterocycles. The van der Waals surface area contributed by atoms with Gasteiger partial charge in [-0.2, -0.15) is 0 Å². The third kappa shape index (κ3) is 3.19. The molecule has 0 heterocycles. The number of rotatable bonds is 3. The summed E-state index contributed by atoms with van der Waals surface area (Å²) in [5.41, 5.74) is 0.486. The van der Waals surface area contributed by atoms with Crippen LogP contribution in [0.3, 0.4) is 0 Å². The maximum atomic E-state index is 13.5. The zero-order valence-corrected chi connectivity index (χ0v) is 13.6. The van der Waals surface area contributed by atoms with Crippen molar-refractivity contribution in [2.45, 2.75) is 0 Å². The van der Waals surface area contributed by atoms with E-state index in [0.717, 1.165) is 4.47 Å². The Balaban J connectivity index is 2.31. The predicted molar refractivity (Wildman–Crippen MR) is 82.7 cm³/mol. The van der Waals surface area contributed by atoms with Gasteiger partial charge in [0.25, 0.3) is 5.91 Å². The van der Waals surface area contributed by atoms with Crippen molar-refractivity contribution in [2.75, 3.05) is 12.4 Å². The molecule has 0 spiro atoms. The van der Waals surface area contributed by atoms with Crippen molar-refractivity contribution in [1.82, 2.24) is 0 Å². The highest BCUT2D eigenvalue weighted by atomic mass is 79.9. The van der Waals surface area contributed by atoms with E-state index in [1.807, 2.05) is 0 Å². The zero-order valence-electron chi connectivity index (χ0n) is 10.4. The van der Waals surface area contributed by atoms with Gasteiger partial charge in [-0.05, 0) is 50.1 Å². The first-order chi connectivity index (χ1) is 9.52. The van der Waals surface area contributed by atoms with Crippen molar-refractivity contribution in [1.29, 1.82) is 0 Å². The Labute approximate surface area is 132 Å². The van der Waals surface area contributed by atoms with E-state index in [-0.39, 0.29) is 5.56 Å². The standard InChI is InChI=1S/C14H10Br2FNO2/c1-20-13-7-12(9(15)6-10(13)16)18-14(19)8-4-2-3-5-11(8)17/h2-7H,1H3,(H,18,19). The smallest absolute Gasteiger partial charge is 0.258 e. The molecule has 0 saturated heterocycles. The number of ether oxygens (including phenoxy) is 1. The lowest BCUT2D eigenvalue weighted by molar-refractivity contribution is 0.102. The SMILES string of the molecule is COc1cc(NC(=O)c2ccccc2F)c(Br)cc1Br. The van der Waals surface area contributed by atoms with E-state index in [9.17, 15) is 9.18 Å². The van der Waals surface area contributed by atoms with Gasteiger partial charge in [-0.15, -0.1) is 0 Å². The summed E-state index contributed by atoms with van der Waals surface area (Å²) in [5.74, 6) is -0.518. The Morgan fingerprint density at radius 2 is 1.90 bits per heavy atom. The third-order valence-electron chi connectivity index (χ3n) is 2.61. The first-order valence-corrected chi connectivity index (χ1v) is 7.20. The van der Waals surface area contributed by atoms with Crippen LogP contribution >= 0.6 is 31.9 Å². The molecule has 0 bridgehead atoms. The molecule has 6 heteroatoms. The molecule has 0 saturated carbocycles. The van der Waals surface area contributed by atoms with Gasteiger partial charge >= 0.3 is 0 Å². The van der Waals surface area contributed by atoms with Crippen LogP contribution in [0.4, 0.5) is 10.1 Å². The molecule has 0 aliphatic carbocycles. The van der Waals surface area contributed by atoms with Crippen LogP contribution < -0.4 is 10.1 Å². The van der Waals surface area contributed by atoms with Crippen LogP contribution in [0.1, 0.15) is 10.4 Å². The molecule has 0 radical (unpaired) electrons. The minimum atomic E-state index is -0.565. The molecule has 2 aromatic carbocycles. The van der Waals surface area contributed by atoms with Crippen LogP contribution in [0.2, 0.25) is 0 Å². The zero-order chi connectivity index (χ0) is 14.7. The molecule has 2 rings (SSSR count). The van der Waals surface area contributed by atoms with E-state index in [4.69, 9.17) is 4.74 Å². The number of methoxy groups -OCH3 is 1. The summed E-state index contributed by atoms with van der Waals surface area (Å²) in [6, 6.07) is 9.20. The van der Waals surface area contributed by atoms with E-state index < -0.39 is 11.7 Å². The molecule has 0 aliphatic heterocycles. The van der Waals surface area contributed by atoms with Crippen molar-refractivity contribution in [2.24, 2.45) is 0 Å². The van der Waals surface area contributed by atoms with Crippen molar-refractivity contribution in [3.8, 4) is 5.75 Å². The second-order valence-electron chi connectivity index (χ2n) is 3.90. The first kappa shape index (κ1) is 15.0. The second-order valence-corrected chi connectivity index (χ2v) is 5.61. The summed E-state index contributed by atoms with van der Waals surface area (Å²) >= 11 is 6.67. The van der Waals surface area contributed by atoms with E-state index in [2.05, 4.69) is 37.2 Å². The maximum absolute atomic E-state index is 13.5. The summed E-state index contributed by atoms with van der Waals surface area (Å²) in [4.78, 5) is 12.0. The number of carbonyl (C=O) groups is 1. The van der Waals surface area contributed by atoms with Gasteiger partial charge in [0.1, 0.15) is 11.6 Å². The number of amides is 1.